The summed E-state index contributed by atoms with van der Waals surface area (Å²) < 4.78 is 32.2. The van der Waals surface area contributed by atoms with Gasteiger partial charge in [0.15, 0.2) is 0 Å². The van der Waals surface area contributed by atoms with Crippen molar-refractivity contribution in [3.63, 3.8) is 0 Å². The van der Waals surface area contributed by atoms with E-state index in [1.54, 1.807) is 0 Å². The van der Waals surface area contributed by atoms with E-state index in [0.29, 0.717) is 11.8 Å². The molecule has 2 atom stereocenters. The van der Waals surface area contributed by atoms with Crippen molar-refractivity contribution in [2.24, 2.45) is 11.8 Å². The molecule has 0 aromatic heterocycles. The third-order valence-corrected chi connectivity index (χ3v) is 12.7. The summed E-state index contributed by atoms with van der Waals surface area (Å²) in [4.78, 5) is 0. The maximum atomic E-state index is 10.7. The van der Waals surface area contributed by atoms with Gasteiger partial charge in [0.25, 0.3) is 0 Å². The summed E-state index contributed by atoms with van der Waals surface area (Å²) in [7, 11) is 0. The van der Waals surface area contributed by atoms with Crippen LogP contribution in [0.5, 0.6) is 0 Å². The predicted octanol–water partition coefficient (Wildman–Crippen LogP) is 17.6. The van der Waals surface area contributed by atoms with Gasteiger partial charge in [-0.05, 0) is 71.6 Å². The maximum absolute atomic E-state index is 10.7. The van der Waals surface area contributed by atoms with Crippen molar-refractivity contribution in [3.05, 3.63) is 146 Å². The van der Waals surface area contributed by atoms with Crippen molar-refractivity contribution in [2.45, 2.75) is 129 Å². The Labute approximate surface area is 396 Å². The third-order valence-electron chi connectivity index (χ3n) is 12.7. The quantitative estimate of drug-likeness (QED) is 0.0948. The molecule has 0 spiro atoms. The molecule has 0 amide bonds. The topological polar surface area (TPSA) is 0 Å². The van der Waals surface area contributed by atoms with Gasteiger partial charge in [-0.1, -0.05) is 157 Å². The molecule has 0 heterocycles. The molecule has 2 fully saturated rings. The van der Waals surface area contributed by atoms with Gasteiger partial charge in [0.2, 0.25) is 0 Å². The molecular weight excluding hydrogens is 896 g/mol. The fraction of sp³-hybridized carbons (Fsp3) is 0.407. The first-order valence-electron chi connectivity index (χ1n) is 21.7. The summed E-state index contributed by atoms with van der Waals surface area (Å²) in [6.45, 7) is 14.8. The van der Waals surface area contributed by atoms with Gasteiger partial charge in [-0.15, -0.1) is 93.9 Å². The van der Waals surface area contributed by atoms with Crippen LogP contribution in [-0.2, 0) is 36.2 Å². The molecule has 6 aromatic rings. The monoisotopic (exact) mass is 960 g/mol. The molecule has 2 unspecified atom stereocenters. The second-order valence-electron chi connectivity index (χ2n) is 16.8. The van der Waals surface area contributed by atoms with E-state index in [-0.39, 0.29) is 32.2 Å². The van der Waals surface area contributed by atoms with Crippen LogP contribution in [-0.4, -0.2) is 13.1 Å². The van der Waals surface area contributed by atoms with Crippen LogP contribution in [0.15, 0.2) is 109 Å². The molecule has 2 aliphatic carbocycles. The van der Waals surface area contributed by atoms with E-state index in [2.05, 4.69) is 151 Å². The Balaban J connectivity index is 0.000000344. The summed E-state index contributed by atoms with van der Waals surface area (Å²) >= 11 is 1.36. The molecule has 61 heavy (non-hydrogen) atoms. The third kappa shape index (κ3) is 15.7. The fourth-order valence-electron chi connectivity index (χ4n) is 8.88. The summed E-state index contributed by atoms with van der Waals surface area (Å²) in [5, 5.41) is 5.64. The van der Waals surface area contributed by atoms with Crippen LogP contribution in [0, 0.1) is 26.2 Å². The Kier molecular flexibility index (Phi) is 24.2. The van der Waals surface area contributed by atoms with Crippen LogP contribution >= 0.6 is 24.8 Å². The van der Waals surface area contributed by atoms with E-state index >= 15 is 0 Å². The Morgan fingerprint density at radius 1 is 0.623 bits per heavy atom. The van der Waals surface area contributed by atoms with Crippen molar-refractivity contribution in [2.75, 3.05) is 0 Å². The van der Waals surface area contributed by atoms with Crippen molar-refractivity contribution in [1.82, 2.24) is 0 Å². The van der Waals surface area contributed by atoms with Crippen LogP contribution in [0.1, 0.15) is 132 Å². The average Bonchev–Trinajstić information content (AvgIpc) is 4.10. The number of hydrogen-bond acceptors (Lipinski definition) is 0. The van der Waals surface area contributed by atoms with Gasteiger partial charge < -0.3 is 14.4 Å². The van der Waals surface area contributed by atoms with Crippen LogP contribution in [0.4, 0.5) is 13.2 Å². The van der Waals surface area contributed by atoms with Gasteiger partial charge in [-0.25, -0.2) is 0 Å². The Morgan fingerprint density at radius 2 is 0.951 bits per heavy atom. The van der Waals surface area contributed by atoms with Crippen LogP contribution < -0.4 is 0 Å². The number of fused-ring (bicyclic) bond motifs is 2. The number of rotatable bonds is 10. The van der Waals surface area contributed by atoms with Gasteiger partial charge in [0.1, 0.15) is 0 Å². The minimum absolute atomic E-state index is 0. The molecule has 7 heteroatoms. The predicted molar refractivity (Wildman–Crippen MR) is 261 cm³/mol. The molecule has 6 aromatic carbocycles. The van der Waals surface area contributed by atoms with Gasteiger partial charge in [-0.2, -0.15) is 25.3 Å². The summed E-state index contributed by atoms with van der Waals surface area (Å²) in [6, 6.07) is 41.7. The standard InChI is InChI=1S/2C25H29.C3H4F3.CH3.2ClH.Si.Zr/c2*1-3-18(2)21-11-13-22(14-12-21)24-10-6-9-23-16-20(17-25(23)24)15-19-7-4-5-8-19;1-2-3(4,5)6;;;;;/h2*6,9-14,16-19H,3-5,7-8,15H2,1-2H3;1-2H2;1H3;2*1H;;/q4*-1;;;;. The van der Waals surface area contributed by atoms with E-state index in [4.69, 9.17) is 0 Å². The summed E-state index contributed by atoms with van der Waals surface area (Å²) in [6.07, 6.45) is 11.3. The second-order valence-corrected chi connectivity index (χ2v) is 16.8. The van der Waals surface area contributed by atoms with Gasteiger partial charge in [0.05, 0.1) is 0 Å². The van der Waals surface area contributed by atoms with Crippen molar-refractivity contribution in [3.8, 4) is 22.3 Å². The van der Waals surface area contributed by atoms with E-state index in [9.17, 15) is 13.2 Å². The molecule has 0 N–H and O–H groups in total. The Bertz CT molecular complexity index is 1980. The molecular formula is C54H67Cl2F3SiZr-4. The van der Waals surface area contributed by atoms with Gasteiger partial charge in [0, 0.05) is 0 Å². The minimum atomic E-state index is -4.07. The van der Waals surface area contributed by atoms with E-state index in [1.807, 2.05) is 0 Å². The van der Waals surface area contributed by atoms with Crippen LogP contribution in [0.25, 0.3) is 43.8 Å². The molecule has 0 saturated heterocycles. The average molecular weight is 963 g/mol. The Morgan fingerprint density at radius 3 is 1.25 bits per heavy atom. The van der Waals surface area contributed by atoms with Crippen molar-refractivity contribution >= 4 is 53.2 Å². The molecule has 2 aliphatic rings. The van der Waals surface area contributed by atoms with Gasteiger partial charge >= 0.3 is 36.4 Å². The molecule has 2 radical (unpaired) electrons. The zero-order valence-corrected chi connectivity index (χ0v) is 42.1. The normalized spacial score (nSPS) is 14.8. The first-order chi connectivity index (χ1) is 28.0. The molecule has 0 nitrogen and oxygen atoms in total. The molecule has 0 bridgehead atoms. The number of benzene rings is 4. The Hall–Kier alpha value is -2.43. The number of alkyl halides is 3. The molecule has 330 valence electrons. The van der Waals surface area contributed by atoms with E-state index in [1.165, 1.54) is 166 Å². The zero-order valence-electron chi connectivity index (χ0n) is 37.1. The first kappa shape index (κ1) is 54.7. The van der Waals surface area contributed by atoms with Gasteiger partial charge in [-0.3, -0.25) is 0 Å². The zero-order chi connectivity index (χ0) is 41.7. The molecule has 0 aliphatic heterocycles. The van der Waals surface area contributed by atoms with Crippen molar-refractivity contribution < 1.29 is 36.5 Å². The first-order valence-corrected chi connectivity index (χ1v) is 25.9. The van der Waals surface area contributed by atoms with Crippen molar-refractivity contribution in [1.29, 1.82) is 0 Å². The number of halogens is 5. The molecule has 8 rings (SSSR count). The van der Waals surface area contributed by atoms with Crippen LogP contribution in [0.3, 0.4) is 0 Å². The second kappa shape index (κ2) is 27.0. The SMILES string of the molecule is CCC(C)c1ccc(-c2cccc3[cH-]c(CC4CCCC4)cc23)cc1.CCC(C)c1ccc(-c2cccc3[cH-]c(CC4CCCC4)cc23)cc1.Cl.Cl.[CH2-]CC(F)(F)F.[CH3-].[Si]=[Zr]. The summed E-state index contributed by atoms with van der Waals surface area (Å²) in [5.74, 6) is 3.11. The summed E-state index contributed by atoms with van der Waals surface area (Å²) in [5.41, 5.74) is 11.4. The van der Waals surface area contributed by atoms with E-state index < -0.39 is 12.6 Å². The molecule has 2 saturated carbocycles. The van der Waals surface area contributed by atoms with E-state index in [0.717, 1.165) is 11.8 Å². The number of hydrogen-bond donors (Lipinski definition) is 0. The fourth-order valence-corrected chi connectivity index (χ4v) is 8.88. The van der Waals surface area contributed by atoms with Crippen LogP contribution in [0.2, 0.25) is 0 Å².